The third-order valence-electron chi connectivity index (χ3n) is 3.86. The molecule has 5 nitrogen and oxygen atoms in total. The van der Waals surface area contributed by atoms with E-state index in [1.54, 1.807) is 12.4 Å². The maximum Gasteiger partial charge on any atom is 0.130 e. The highest BCUT2D eigenvalue weighted by Gasteiger charge is 2.10. The summed E-state index contributed by atoms with van der Waals surface area (Å²) in [6.45, 7) is 0. The molecule has 2 heterocycles. The van der Waals surface area contributed by atoms with Crippen LogP contribution >= 0.6 is 0 Å². The Kier molecular flexibility index (Phi) is 3.76. The van der Waals surface area contributed by atoms with E-state index in [4.69, 9.17) is 0 Å². The number of nitrogens with one attached hydrogen (secondary N) is 1. The minimum absolute atomic E-state index is 0.362. The Morgan fingerprint density at radius 1 is 0.917 bits per heavy atom. The summed E-state index contributed by atoms with van der Waals surface area (Å²) in [5, 5.41) is 14.5. The number of benzene rings is 2. The first-order chi connectivity index (χ1) is 11.8. The van der Waals surface area contributed by atoms with E-state index in [1.165, 1.54) is 0 Å². The smallest absolute Gasteiger partial charge is 0.130 e. The van der Waals surface area contributed by atoms with Gasteiger partial charge in [0, 0.05) is 24.2 Å². The molecule has 0 radical (unpaired) electrons. The molecular formula is C19H16N4O. The molecule has 2 N–H and O–H groups in total. The number of aliphatic hydroxyl groups excluding tert-OH is 1. The fourth-order valence-electron chi connectivity index (χ4n) is 2.74. The molecule has 0 spiro atoms. The monoisotopic (exact) mass is 316 g/mol. The van der Waals surface area contributed by atoms with Crippen molar-refractivity contribution in [2.45, 2.75) is 12.6 Å². The van der Waals surface area contributed by atoms with Crippen molar-refractivity contribution in [2.24, 2.45) is 0 Å². The molecule has 0 aliphatic carbocycles. The van der Waals surface area contributed by atoms with E-state index >= 15 is 0 Å². The standard InChI is InChI=1S/C19H16N4O/c24-18(11-14-12-21-15-7-1-2-8-16(15)22-14)23-17-9-3-5-13-6-4-10-20-19(13)17/h1-10,12,18,23-24H,11H2. The van der Waals surface area contributed by atoms with E-state index in [9.17, 15) is 5.11 Å². The average Bonchev–Trinajstić information content (AvgIpc) is 2.62. The zero-order valence-electron chi connectivity index (χ0n) is 12.9. The maximum atomic E-state index is 10.4. The number of aliphatic hydroxyl groups is 1. The molecule has 4 aromatic rings. The Morgan fingerprint density at radius 2 is 1.75 bits per heavy atom. The van der Waals surface area contributed by atoms with Crippen LogP contribution in [0.4, 0.5) is 5.69 Å². The molecule has 1 atom stereocenters. The van der Waals surface area contributed by atoms with Gasteiger partial charge in [0.1, 0.15) is 6.23 Å². The minimum Gasteiger partial charge on any atom is -0.373 e. The highest BCUT2D eigenvalue weighted by molar-refractivity contribution is 5.90. The van der Waals surface area contributed by atoms with Crippen molar-refractivity contribution in [3.05, 3.63) is 72.7 Å². The van der Waals surface area contributed by atoms with Crippen LogP contribution in [-0.4, -0.2) is 26.3 Å². The van der Waals surface area contributed by atoms with Gasteiger partial charge < -0.3 is 10.4 Å². The molecule has 5 heteroatoms. The number of para-hydroxylation sites is 3. The Balaban J connectivity index is 1.56. The number of nitrogens with zero attached hydrogens (tertiary/aromatic N) is 3. The maximum absolute atomic E-state index is 10.4. The highest BCUT2D eigenvalue weighted by atomic mass is 16.3. The van der Waals surface area contributed by atoms with Gasteiger partial charge in [-0.1, -0.05) is 30.3 Å². The summed E-state index contributed by atoms with van der Waals surface area (Å²) >= 11 is 0. The molecule has 0 fully saturated rings. The van der Waals surface area contributed by atoms with E-state index in [0.717, 1.165) is 33.3 Å². The summed E-state index contributed by atoms with van der Waals surface area (Å²) in [7, 11) is 0. The van der Waals surface area contributed by atoms with Gasteiger partial charge >= 0.3 is 0 Å². The molecule has 0 aliphatic rings. The van der Waals surface area contributed by atoms with Gasteiger partial charge in [-0.05, 0) is 24.3 Å². The Hall–Kier alpha value is -3.05. The second-order valence-corrected chi connectivity index (χ2v) is 5.60. The molecular weight excluding hydrogens is 300 g/mol. The van der Waals surface area contributed by atoms with Gasteiger partial charge in [0.25, 0.3) is 0 Å². The van der Waals surface area contributed by atoms with E-state index in [1.807, 2.05) is 54.6 Å². The first-order valence-corrected chi connectivity index (χ1v) is 7.78. The van der Waals surface area contributed by atoms with Crippen molar-refractivity contribution < 1.29 is 5.11 Å². The molecule has 2 aromatic heterocycles. The van der Waals surface area contributed by atoms with Gasteiger partial charge in [-0.15, -0.1) is 0 Å². The number of fused-ring (bicyclic) bond motifs is 2. The van der Waals surface area contributed by atoms with Gasteiger partial charge in [-0.2, -0.15) is 0 Å². The molecule has 24 heavy (non-hydrogen) atoms. The second-order valence-electron chi connectivity index (χ2n) is 5.60. The largest absolute Gasteiger partial charge is 0.373 e. The normalized spacial score (nSPS) is 12.4. The van der Waals surface area contributed by atoms with Crippen LogP contribution in [0.15, 0.2) is 67.0 Å². The molecule has 0 bridgehead atoms. The van der Waals surface area contributed by atoms with Gasteiger partial charge in [0.05, 0.1) is 27.9 Å². The number of hydrogen-bond donors (Lipinski definition) is 2. The quantitative estimate of drug-likeness (QED) is 0.566. The molecule has 1 unspecified atom stereocenters. The minimum atomic E-state index is -0.770. The van der Waals surface area contributed by atoms with Gasteiger partial charge in [0.15, 0.2) is 0 Å². The van der Waals surface area contributed by atoms with Gasteiger partial charge in [0.2, 0.25) is 0 Å². The molecule has 4 rings (SSSR count). The van der Waals surface area contributed by atoms with Crippen LogP contribution in [0.2, 0.25) is 0 Å². The summed E-state index contributed by atoms with van der Waals surface area (Å²) in [6.07, 6.45) is 3.04. The van der Waals surface area contributed by atoms with Crippen molar-refractivity contribution in [1.82, 2.24) is 15.0 Å². The zero-order valence-corrected chi connectivity index (χ0v) is 12.9. The SMILES string of the molecule is OC(Cc1cnc2ccccc2n1)Nc1cccc2cccnc12. The molecule has 0 amide bonds. The fourth-order valence-corrected chi connectivity index (χ4v) is 2.74. The highest BCUT2D eigenvalue weighted by Crippen LogP contribution is 2.21. The molecule has 0 saturated carbocycles. The molecule has 0 aliphatic heterocycles. The van der Waals surface area contributed by atoms with Crippen molar-refractivity contribution in [3.8, 4) is 0 Å². The fraction of sp³-hybridized carbons (Fsp3) is 0.105. The van der Waals surface area contributed by atoms with Crippen LogP contribution in [0, 0.1) is 0 Å². The predicted molar refractivity (Wildman–Crippen MR) is 94.6 cm³/mol. The van der Waals surface area contributed by atoms with Crippen LogP contribution in [0.3, 0.4) is 0 Å². The van der Waals surface area contributed by atoms with Crippen LogP contribution in [0.25, 0.3) is 21.9 Å². The van der Waals surface area contributed by atoms with E-state index in [2.05, 4.69) is 20.3 Å². The van der Waals surface area contributed by atoms with Crippen molar-refractivity contribution in [2.75, 3.05) is 5.32 Å². The predicted octanol–water partition coefficient (Wildman–Crippen LogP) is 3.15. The number of rotatable bonds is 4. The topological polar surface area (TPSA) is 70.9 Å². The van der Waals surface area contributed by atoms with E-state index in [-0.39, 0.29) is 0 Å². The summed E-state index contributed by atoms with van der Waals surface area (Å²) in [4.78, 5) is 13.3. The lowest BCUT2D eigenvalue weighted by molar-refractivity contribution is 0.203. The number of anilines is 1. The van der Waals surface area contributed by atoms with Crippen LogP contribution < -0.4 is 5.32 Å². The summed E-state index contributed by atoms with van der Waals surface area (Å²) in [6, 6.07) is 17.4. The summed E-state index contributed by atoms with van der Waals surface area (Å²) in [5.41, 5.74) is 4.05. The number of pyridine rings is 1. The Morgan fingerprint density at radius 3 is 2.67 bits per heavy atom. The number of aromatic nitrogens is 3. The lowest BCUT2D eigenvalue weighted by Crippen LogP contribution is -2.22. The molecule has 118 valence electrons. The van der Waals surface area contributed by atoms with Gasteiger partial charge in [-0.3, -0.25) is 9.97 Å². The third kappa shape index (κ3) is 2.89. The Labute approximate surface area is 139 Å². The first kappa shape index (κ1) is 14.5. The average molecular weight is 316 g/mol. The Bertz CT molecular complexity index is 997. The van der Waals surface area contributed by atoms with Crippen molar-refractivity contribution >= 4 is 27.6 Å². The van der Waals surface area contributed by atoms with Gasteiger partial charge in [-0.25, -0.2) is 4.98 Å². The van der Waals surface area contributed by atoms with Crippen LogP contribution in [0.1, 0.15) is 5.69 Å². The van der Waals surface area contributed by atoms with E-state index < -0.39 is 6.23 Å². The lowest BCUT2D eigenvalue weighted by atomic mass is 10.2. The van der Waals surface area contributed by atoms with E-state index in [0.29, 0.717) is 6.42 Å². The summed E-state index contributed by atoms with van der Waals surface area (Å²) in [5.74, 6) is 0. The van der Waals surface area contributed by atoms with Crippen LogP contribution in [-0.2, 0) is 6.42 Å². The number of hydrogen-bond acceptors (Lipinski definition) is 5. The lowest BCUT2D eigenvalue weighted by Gasteiger charge is -2.15. The third-order valence-corrected chi connectivity index (χ3v) is 3.86. The zero-order chi connectivity index (χ0) is 16.4. The van der Waals surface area contributed by atoms with Crippen molar-refractivity contribution in [1.29, 1.82) is 0 Å². The van der Waals surface area contributed by atoms with Crippen molar-refractivity contribution in [3.63, 3.8) is 0 Å². The summed E-state index contributed by atoms with van der Waals surface area (Å²) < 4.78 is 0. The molecule has 0 saturated heterocycles. The molecule has 2 aromatic carbocycles. The first-order valence-electron chi connectivity index (χ1n) is 7.78. The second kappa shape index (κ2) is 6.22. The van der Waals surface area contributed by atoms with Crippen LogP contribution in [0.5, 0.6) is 0 Å².